The number of nitrogens with one attached hydrogen (secondary N) is 1. The molecule has 0 amide bonds. The van der Waals surface area contributed by atoms with Gasteiger partial charge in [0.2, 0.25) is 0 Å². The first-order valence-corrected chi connectivity index (χ1v) is 7.34. The van der Waals surface area contributed by atoms with Crippen molar-refractivity contribution < 1.29 is 19.2 Å². The zero-order chi connectivity index (χ0) is 15.3. The third-order valence-electron chi connectivity index (χ3n) is 5.02. The summed E-state index contributed by atoms with van der Waals surface area (Å²) in [6.45, 7) is 11.8. The second kappa shape index (κ2) is 4.72. The fourth-order valence-electron chi connectivity index (χ4n) is 3.16. The summed E-state index contributed by atoms with van der Waals surface area (Å²) in [6, 6.07) is 0.133. The Morgan fingerprint density at radius 2 is 1.70 bits per heavy atom. The first-order chi connectivity index (χ1) is 8.97. The van der Waals surface area contributed by atoms with Crippen LogP contribution >= 0.6 is 0 Å². The number of carboxylic acids is 1. The molecule has 0 aliphatic carbocycles. The van der Waals surface area contributed by atoms with Crippen LogP contribution in [0.25, 0.3) is 0 Å². The van der Waals surface area contributed by atoms with Crippen molar-refractivity contribution in [2.75, 3.05) is 0 Å². The lowest BCUT2D eigenvalue weighted by atomic mass is 9.61. The lowest BCUT2D eigenvalue weighted by Gasteiger charge is -2.40. The van der Waals surface area contributed by atoms with Gasteiger partial charge in [-0.25, -0.2) is 0 Å². The summed E-state index contributed by atoms with van der Waals surface area (Å²) < 4.78 is 12.2. The Hall–Kier alpha value is -0.585. The van der Waals surface area contributed by atoms with E-state index < -0.39 is 11.5 Å². The lowest BCUT2D eigenvalue weighted by molar-refractivity contribution is -0.145. The van der Waals surface area contributed by atoms with Gasteiger partial charge in [0.1, 0.15) is 5.54 Å². The van der Waals surface area contributed by atoms with Gasteiger partial charge in [0, 0.05) is 6.04 Å². The van der Waals surface area contributed by atoms with E-state index in [2.05, 4.69) is 5.32 Å². The molecule has 2 fully saturated rings. The molecule has 0 aromatic carbocycles. The summed E-state index contributed by atoms with van der Waals surface area (Å²) in [5, 5.41) is 12.6. The van der Waals surface area contributed by atoms with Crippen molar-refractivity contribution >= 4 is 13.1 Å². The summed E-state index contributed by atoms with van der Waals surface area (Å²) in [5.41, 5.74) is -1.65. The zero-order valence-corrected chi connectivity index (χ0v) is 13.3. The molecule has 0 aromatic heterocycles. The number of piperidine rings is 1. The minimum atomic E-state index is -0.911. The van der Waals surface area contributed by atoms with E-state index in [4.69, 9.17) is 9.31 Å². The molecule has 0 saturated carbocycles. The smallest absolute Gasteiger partial charge is 0.461 e. The van der Waals surface area contributed by atoms with Crippen LogP contribution in [0.2, 0.25) is 5.82 Å². The summed E-state index contributed by atoms with van der Waals surface area (Å²) in [6.07, 6.45) is 1.38. The molecule has 20 heavy (non-hydrogen) atoms. The first-order valence-electron chi connectivity index (χ1n) is 7.34. The third kappa shape index (κ3) is 2.61. The average molecular weight is 283 g/mol. The summed E-state index contributed by atoms with van der Waals surface area (Å²) in [5.74, 6) is -0.723. The molecule has 2 N–H and O–H groups in total. The Balaban J connectivity index is 2.16. The highest BCUT2D eigenvalue weighted by Gasteiger charge is 2.56. The molecule has 3 unspecified atom stereocenters. The van der Waals surface area contributed by atoms with E-state index in [1.165, 1.54) is 0 Å². The molecule has 0 radical (unpaired) electrons. The highest BCUT2D eigenvalue weighted by atomic mass is 16.7. The number of hydrogen-bond acceptors (Lipinski definition) is 4. The molecule has 114 valence electrons. The summed E-state index contributed by atoms with van der Waals surface area (Å²) in [4.78, 5) is 11.5. The number of hydrogen-bond donors (Lipinski definition) is 2. The lowest BCUT2D eigenvalue weighted by Crippen LogP contribution is -2.58. The van der Waals surface area contributed by atoms with Crippen LogP contribution in [0, 0.1) is 0 Å². The molecular weight excluding hydrogens is 257 g/mol. The van der Waals surface area contributed by atoms with Crippen LogP contribution in [0.3, 0.4) is 0 Å². The molecule has 5 nitrogen and oxygen atoms in total. The minimum Gasteiger partial charge on any atom is -0.480 e. The van der Waals surface area contributed by atoms with Crippen LogP contribution in [0.1, 0.15) is 54.4 Å². The van der Waals surface area contributed by atoms with E-state index in [-0.39, 0.29) is 30.2 Å². The van der Waals surface area contributed by atoms with Crippen LogP contribution in [-0.2, 0) is 14.1 Å². The van der Waals surface area contributed by atoms with Crippen molar-refractivity contribution in [3.05, 3.63) is 0 Å². The van der Waals surface area contributed by atoms with Crippen LogP contribution in [-0.4, -0.2) is 41.0 Å². The van der Waals surface area contributed by atoms with Crippen molar-refractivity contribution in [3.8, 4) is 0 Å². The van der Waals surface area contributed by atoms with E-state index in [0.717, 1.165) is 6.42 Å². The van der Waals surface area contributed by atoms with Crippen molar-refractivity contribution in [2.24, 2.45) is 0 Å². The van der Waals surface area contributed by atoms with Gasteiger partial charge < -0.3 is 14.4 Å². The largest absolute Gasteiger partial charge is 0.480 e. The Morgan fingerprint density at radius 1 is 1.20 bits per heavy atom. The molecule has 2 saturated heterocycles. The van der Waals surface area contributed by atoms with Gasteiger partial charge in [-0.05, 0) is 60.2 Å². The number of aliphatic carboxylic acids is 1. The maximum absolute atomic E-state index is 11.5. The second-order valence-corrected chi connectivity index (χ2v) is 7.51. The zero-order valence-electron chi connectivity index (χ0n) is 13.3. The van der Waals surface area contributed by atoms with Crippen LogP contribution < -0.4 is 5.32 Å². The quantitative estimate of drug-likeness (QED) is 0.759. The van der Waals surface area contributed by atoms with Gasteiger partial charge in [-0.15, -0.1) is 0 Å². The molecule has 0 spiro atoms. The molecule has 0 aromatic rings. The van der Waals surface area contributed by atoms with E-state index in [1.807, 2.05) is 34.6 Å². The molecule has 2 aliphatic rings. The van der Waals surface area contributed by atoms with E-state index >= 15 is 0 Å². The van der Waals surface area contributed by atoms with Gasteiger partial charge in [0.25, 0.3) is 0 Å². The van der Waals surface area contributed by atoms with E-state index in [1.54, 1.807) is 6.92 Å². The molecular formula is C14H26BNO4. The van der Waals surface area contributed by atoms with Crippen molar-refractivity contribution in [1.29, 1.82) is 0 Å². The average Bonchev–Trinajstić information content (AvgIpc) is 2.46. The summed E-state index contributed by atoms with van der Waals surface area (Å²) >= 11 is 0. The first kappa shape index (κ1) is 15.8. The Morgan fingerprint density at radius 3 is 2.15 bits per heavy atom. The van der Waals surface area contributed by atoms with E-state index in [9.17, 15) is 9.90 Å². The number of carbonyl (C=O) groups is 1. The van der Waals surface area contributed by atoms with Crippen molar-refractivity contribution in [1.82, 2.24) is 5.32 Å². The molecule has 2 aliphatic heterocycles. The molecule has 6 heteroatoms. The van der Waals surface area contributed by atoms with Crippen LogP contribution in [0.15, 0.2) is 0 Å². The molecule has 3 atom stereocenters. The third-order valence-corrected chi connectivity index (χ3v) is 5.02. The van der Waals surface area contributed by atoms with Gasteiger partial charge >= 0.3 is 13.1 Å². The predicted octanol–water partition coefficient (Wildman–Crippen LogP) is 2.06. The number of rotatable bonds is 2. The van der Waals surface area contributed by atoms with Gasteiger partial charge in [0.05, 0.1) is 11.2 Å². The molecule has 0 bridgehead atoms. The highest BCUT2D eigenvalue weighted by Crippen LogP contribution is 2.44. The molecule has 2 rings (SSSR count). The standard InChI is InChI=1S/C14H26BNO4/c1-9-7-10(8-14(6,16-9)11(17)18)15-19-12(2,3)13(4,5)20-15/h9-10,16H,7-8H2,1-6H3,(H,17,18). The number of carboxylic acid groups (broad SMARTS) is 1. The predicted molar refractivity (Wildman–Crippen MR) is 77.7 cm³/mol. The fraction of sp³-hybridized carbons (Fsp3) is 0.929. The van der Waals surface area contributed by atoms with Crippen LogP contribution in [0.4, 0.5) is 0 Å². The van der Waals surface area contributed by atoms with Gasteiger partial charge in [-0.3, -0.25) is 10.1 Å². The topological polar surface area (TPSA) is 67.8 Å². The SMILES string of the molecule is CC1CC(B2OC(C)(C)C(C)(C)O2)CC(C)(C(=O)O)N1. The maximum Gasteiger partial charge on any atom is 0.461 e. The minimum absolute atomic E-state index is 0.0911. The second-order valence-electron chi connectivity index (χ2n) is 7.51. The maximum atomic E-state index is 11.5. The van der Waals surface area contributed by atoms with Gasteiger partial charge in [-0.2, -0.15) is 0 Å². The Kier molecular flexibility index (Phi) is 3.72. The Bertz CT molecular complexity index is 396. The van der Waals surface area contributed by atoms with Crippen molar-refractivity contribution in [2.45, 2.75) is 83.0 Å². The Labute approximate surface area is 121 Å². The molecule has 2 heterocycles. The summed E-state index contributed by atoms with van der Waals surface area (Å²) in [7, 11) is -0.330. The van der Waals surface area contributed by atoms with Gasteiger partial charge in [-0.1, -0.05) is 0 Å². The van der Waals surface area contributed by atoms with Gasteiger partial charge in [0.15, 0.2) is 0 Å². The van der Waals surface area contributed by atoms with Crippen LogP contribution in [0.5, 0.6) is 0 Å². The van der Waals surface area contributed by atoms with E-state index in [0.29, 0.717) is 6.42 Å². The normalized spacial score (nSPS) is 39.8. The fourth-order valence-corrected chi connectivity index (χ4v) is 3.16. The van der Waals surface area contributed by atoms with Crippen molar-refractivity contribution in [3.63, 3.8) is 0 Å². The highest BCUT2D eigenvalue weighted by molar-refractivity contribution is 6.47. The monoisotopic (exact) mass is 283 g/mol.